The summed E-state index contributed by atoms with van der Waals surface area (Å²) in [5, 5.41) is 12.6. The van der Waals surface area contributed by atoms with Crippen LogP contribution in [-0.4, -0.2) is 55.8 Å². The predicted molar refractivity (Wildman–Crippen MR) is 108 cm³/mol. The van der Waals surface area contributed by atoms with Crippen LogP contribution >= 0.6 is 11.6 Å². The van der Waals surface area contributed by atoms with Gasteiger partial charge >= 0.3 is 0 Å². The van der Waals surface area contributed by atoms with E-state index < -0.39 is 27.7 Å². The first-order valence-electron chi connectivity index (χ1n) is 9.89. The molecule has 2 fully saturated rings. The van der Waals surface area contributed by atoms with Gasteiger partial charge in [-0.15, -0.1) is 0 Å². The van der Waals surface area contributed by atoms with Crippen molar-refractivity contribution in [3.05, 3.63) is 34.6 Å². The van der Waals surface area contributed by atoms with Crippen molar-refractivity contribution in [2.75, 3.05) is 31.9 Å². The van der Waals surface area contributed by atoms with Crippen LogP contribution in [0.25, 0.3) is 0 Å². The lowest BCUT2D eigenvalue weighted by Gasteiger charge is -2.34. The van der Waals surface area contributed by atoms with Gasteiger partial charge in [-0.1, -0.05) is 17.7 Å². The van der Waals surface area contributed by atoms with E-state index in [0.29, 0.717) is 43.8 Å². The molecule has 3 N–H and O–H groups in total. The smallest absolute Gasteiger partial charge is 0.247 e. The maximum atomic E-state index is 13.3. The van der Waals surface area contributed by atoms with Gasteiger partial charge in [-0.3, -0.25) is 10.0 Å². The highest BCUT2D eigenvalue weighted by Gasteiger charge is 2.37. The summed E-state index contributed by atoms with van der Waals surface area (Å²) in [5.41, 5.74) is 2.47. The number of amides is 1. The van der Waals surface area contributed by atoms with Gasteiger partial charge in [0.2, 0.25) is 15.9 Å². The van der Waals surface area contributed by atoms with Gasteiger partial charge in [0.15, 0.2) is 0 Å². The average Bonchev–Trinajstić information content (AvgIpc) is 2.72. The zero-order chi connectivity index (χ0) is 21.0. The van der Waals surface area contributed by atoms with Crippen molar-refractivity contribution in [3.63, 3.8) is 0 Å². The van der Waals surface area contributed by atoms with Gasteiger partial charge < -0.3 is 5.32 Å². The molecule has 0 bridgehead atoms. The largest absolute Gasteiger partial charge is 0.317 e. The van der Waals surface area contributed by atoms with E-state index in [-0.39, 0.29) is 17.6 Å². The lowest BCUT2D eigenvalue weighted by Crippen LogP contribution is -2.46. The number of hydrogen-bond acceptors (Lipinski definition) is 5. The van der Waals surface area contributed by atoms with Crippen LogP contribution in [0.1, 0.15) is 37.2 Å². The molecule has 0 saturated carbocycles. The summed E-state index contributed by atoms with van der Waals surface area (Å²) in [6.45, 7) is 2.09. The van der Waals surface area contributed by atoms with Gasteiger partial charge in [-0.2, -0.15) is 0 Å². The number of hydroxylamine groups is 1. The molecule has 10 heteroatoms. The summed E-state index contributed by atoms with van der Waals surface area (Å²) in [6.07, 6.45) is 2.54. The van der Waals surface area contributed by atoms with Crippen molar-refractivity contribution in [1.82, 2.24) is 15.1 Å². The molecular formula is C19H27ClFN3O4S. The summed E-state index contributed by atoms with van der Waals surface area (Å²) >= 11 is 6.15. The number of sulfonamides is 1. The molecule has 7 nitrogen and oxygen atoms in total. The zero-order valence-corrected chi connectivity index (χ0v) is 17.7. The fourth-order valence-corrected chi connectivity index (χ4v) is 6.54. The van der Waals surface area contributed by atoms with E-state index in [1.165, 1.54) is 16.4 Å². The van der Waals surface area contributed by atoms with Crippen LogP contribution in [0, 0.1) is 17.7 Å². The lowest BCUT2D eigenvalue weighted by atomic mass is 9.85. The third kappa shape index (κ3) is 5.46. The summed E-state index contributed by atoms with van der Waals surface area (Å²) < 4.78 is 40.7. The molecule has 29 heavy (non-hydrogen) atoms. The Kier molecular flexibility index (Phi) is 7.50. The van der Waals surface area contributed by atoms with E-state index in [1.807, 2.05) is 0 Å². The monoisotopic (exact) mass is 447 g/mol. The SMILES string of the molecule is O=C(NO)C(CS(=O)(=O)N1CCC(c2ccc(F)cc2Cl)CC1)C1CCNCC1. The van der Waals surface area contributed by atoms with E-state index >= 15 is 0 Å². The van der Waals surface area contributed by atoms with Crippen LogP contribution in [0.2, 0.25) is 5.02 Å². The second-order valence-electron chi connectivity index (χ2n) is 7.79. The second kappa shape index (κ2) is 9.70. The van der Waals surface area contributed by atoms with Crippen molar-refractivity contribution in [1.29, 1.82) is 0 Å². The van der Waals surface area contributed by atoms with E-state index in [4.69, 9.17) is 16.8 Å². The van der Waals surface area contributed by atoms with Gasteiger partial charge in [0.25, 0.3) is 0 Å². The number of nitrogens with one attached hydrogen (secondary N) is 2. The third-order valence-electron chi connectivity index (χ3n) is 6.04. The number of halogens is 2. The number of carbonyl (C=O) groups excluding carboxylic acids is 1. The Morgan fingerprint density at radius 2 is 1.93 bits per heavy atom. The van der Waals surface area contributed by atoms with Crippen LogP contribution in [0.15, 0.2) is 18.2 Å². The number of hydrogen-bond donors (Lipinski definition) is 3. The first kappa shape index (κ1) is 22.4. The molecule has 162 valence electrons. The first-order valence-corrected chi connectivity index (χ1v) is 11.9. The summed E-state index contributed by atoms with van der Waals surface area (Å²) in [5.74, 6) is -2.16. The lowest BCUT2D eigenvalue weighted by molar-refractivity contribution is -0.134. The number of carbonyl (C=O) groups is 1. The summed E-state index contributed by atoms with van der Waals surface area (Å²) in [6, 6.07) is 4.30. The molecular weight excluding hydrogens is 421 g/mol. The van der Waals surface area contributed by atoms with Gasteiger partial charge in [-0.05, 0) is 68.3 Å². The van der Waals surface area contributed by atoms with Crippen LogP contribution < -0.4 is 10.8 Å². The molecule has 2 aliphatic heterocycles. The van der Waals surface area contributed by atoms with Crippen LogP contribution in [0.5, 0.6) is 0 Å². The van der Waals surface area contributed by atoms with Crippen molar-refractivity contribution in [2.24, 2.45) is 11.8 Å². The van der Waals surface area contributed by atoms with Gasteiger partial charge in [0.05, 0.1) is 11.7 Å². The van der Waals surface area contributed by atoms with E-state index in [0.717, 1.165) is 18.7 Å². The standard InChI is InChI=1S/C19H27ClFN3O4S/c20-18-11-15(21)1-2-16(18)14-5-9-24(10-6-14)29(27,28)12-17(19(25)23-26)13-3-7-22-8-4-13/h1-2,11,13-14,17,22,26H,3-10,12H2,(H,23,25). The molecule has 2 heterocycles. The quantitative estimate of drug-likeness (QED) is 0.458. The second-order valence-corrected chi connectivity index (χ2v) is 10.2. The molecule has 0 aliphatic carbocycles. The van der Waals surface area contributed by atoms with E-state index in [9.17, 15) is 17.6 Å². The van der Waals surface area contributed by atoms with Crippen molar-refractivity contribution in [3.8, 4) is 0 Å². The minimum atomic E-state index is -3.66. The van der Waals surface area contributed by atoms with E-state index in [1.54, 1.807) is 11.5 Å². The Bertz CT molecular complexity index is 825. The Labute approximate surface area is 175 Å². The summed E-state index contributed by atoms with van der Waals surface area (Å²) in [7, 11) is -3.66. The molecule has 2 saturated heterocycles. The maximum absolute atomic E-state index is 13.3. The number of rotatable bonds is 6. The highest BCUT2D eigenvalue weighted by atomic mass is 35.5. The molecule has 3 rings (SSSR count). The van der Waals surface area contributed by atoms with E-state index in [2.05, 4.69) is 5.32 Å². The first-order chi connectivity index (χ1) is 13.8. The minimum Gasteiger partial charge on any atom is -0.317 e. The molecule has 1 aromatic carbocycles. The van der Waals surface area contributed by atoms with Crippen LogP contribution in [0.3, 0.4) is 0 Å². The topological polar surface area (TPSA) is 98.7 Å². The Morgan fingerprint density at radius 3 is 2.52 bits per heavy atom. The highest BCUT2D eigenvalue weighted by Crippen LogP contribution is 2.34. The molecule has 2 aliphatic rings. The number of nitrogens with zero attached hydrogens (tertiary/aromatic N) is 1. The molecule has 1 aromatic rings. The van der Waals surface area contributed by atoms with Crippen LogP contribution in [0.4, 0.5) is 4.39 Å². The molecule has 1 unspecified atom stereocenters. The van der Waals surface area contributed by atoms with Gasteiger partial charge in [0.1, 0.15) is 5.82 Å². The fraction of sp³-hybridized carbons (Fsp3) is 0.632. The Morgan fingerprint density at radius 1 is 1.28 bits per heavy atom. The molecule has 1 amide bonds. The molecule has 0 radical (unpaired) electrons. The molecule has 0 spiro atoms. The normalized spacial score (nSPS) is 21.1. The predicted octanol–water partition coefficient (Wildman–Crippen LogP) is 2.11. The minimum absolute atomic E-state index is 0.0653. The number of piperidine rings is 2. The maximum Gasteiger partial charge on any atom is 0.247 e. The van der Waals surface area contributed by atoms with Crippen molar-refractivity contribution in [2.45, 2.75) is 31.6 Å². The molecule has 0 aromatic heterocycles. The third-order valence-corrected chi connectivity index (χ3v) is 8.30. The van der Waals surface area contributed by atoms with Gasteiger partial charge in [0, 0.05) is 18.1 Å². The van der Waals surface area contributed by atoms with Crippen LogP contribution in [-0.2, 0) is 14.8 Å². The fourth-order valence-electron chi connectivity index (χ4n) is 4.37. The van der Waals surface area contributed by atoms with Crippen molar-refractivity contribution < 1.29 is 22.8 Å². The zero-order valence-electron chi connectivity index (χ0n) is 16.1. The van der Waals surface area contributed by atoms with Gasteiger partial charge in [-0.25, -0.2) is 22.6 Å². The Balaban J connectivity index is 1.65. The highest BCUT2D eigenvalue weighted by molar-refractivity contribution is 7.89. The Hall–Kier alpha value is -1.26. The van der Waals surface area contributed by atoms with Crippen molar-refractivity contribution >= 4 is 27.5 Å². The molecule has 1 atom stereocenters. The summed E-state index contributed by atoms with van der Waals surface area (Å²) in [4.78, 5) is 12.2. The average molecular weight is 448 g/mol. The number of benzene rings is 1.